The van der Waals surface area contributed by atoms with Crippen molar-refractivity contribution >= 4 is 0 Å². The van der Waals surface area contributed by atoms with Crippen LogP contribution in [0, 0.1) is 23.4 Å². The smallest absolute Gasteiger partial charge is 0.166 e. The van der Waals surface area contributed by atoms with Gasteiger partial charge in [0.15, 0.2) is 11.6 Å². The summed E-state index contributed by atoms with van der Waals surface area (Å²) in [5.74, 6) is -0.748. The molecule has 1 fully saturated rings. The Morgan fingerprint density at radius 2 is 1.43 bits per heavy atom. The summed E-state index contributed by atoms with van der Waals surface area (Å²) < 4.78 is 44.6. The summed E-state index contributed by atoms with van der Waals surface area (Å²) in [5.41, 5.74) is 4.30. The molecule has 3 aromatic carbocycles. The predicted octanol–water partition coefficient (Wildman–Crippen LogP) is 9.58. The molecule has 35 heavy (non-hydrogen) atoms. The van der Waals surface area contributed by atoms with Gasteiger partial charge in [0.25, 0.3) is 0 Å². The second kappa shape index (κ2) is 11.9. The zero-order valence-electron chi connectivity index (χ0n) is 21.1. The molecule has 0 amide bonds. The fraction of sp³-hybridized carbons (Fsp3) is 0.438. The van der Waals surface area contributed by atoms with Crippen molar-refractivity contribution in [3.8, 4) is 11.1 Å². The van der Waals surface area contributed by atoms with Crippen molar-refractivity contribution in [1.29, 1.82) is 0 Å². The van der Waals surface area contributed by atoms with Gasteiger partial charge in [0, 0.05) is 5.56 Å². The Morgan fingerprint density at radius 3 is 2.09 bits per heavy atom. The summed E-state index contributed by atoms with van der Waals surface area (Å²) in [7, 11) is 0. The summed E-state index contributed by atoms with van der Waals surface area (Å²) in [4.78, 5) is 0. The van der Waals surface area contributed by atoms with E-state index in [2.05, 4.69) is 13.8 Å². The van der Waals surface area contributed by atoms with Crippen LogP contribution >= 0.6 is 0 Å². The Kier molecular flexibility index (Phi) is 8.70. The van der Waals surface area contributed by atoms with Crippen molar-refractivity contribution in [2.24, 2.45) is 5.92 Å². The van der Waals surface area contributed by atoms with E-state index >= 15 is 8.78 Å². The fourth-order valence-corrected chi connectivity index (χ4v) is 5.44. The highest BCUT2D eigenvalue weighted by Gasteiger charge is 2.26. The maximum atomic E-state index is 15.1. The molecule has 0 aromatic heterocycles. The first-order chi connectivity index (χ1) is 17.0. The van der Waals surface area contributed by atoms with Crippen LogP contribution in [0.4, 0.5) is 13.2 Å². The Balaban J connectivity index is 1.41. The molecule has 3 heteroatoms. The second-order valence-electron chi connectivity index (χ2n) is 10.2. The molecule has 1 aliphatic rings. The van der Waals surface area contributed by atoms with Gasteiger partial charge in [0.2, 0.25) is 0 Å². The highest BCUT2D eigenvalue weighted by atomic mass is 19.2. The minimum absolute atomic E-state index is 0.116. The molecule has 0 bridgehead atoms. The largest absolute Gasteiger partial charge is 0.207 e. The summed E-state index contributed by atoms with van der Waals surface area (Å²) in [6.07, 6.45) is 9.61. The van der Waals surface area contributed by atoms with E-state index < -0.39 is 11.6 Å². The fourth-order valence-electron chi connectivity index (χ4n) is 5.44. The molecule has 0 heterocycles. The minimum Gasteiger partial charge on any atom is -0.207 e. The Morgan fingerprint density at radius 1 is 0.714 bits per heavy atom. The van der Waals surface area contributed by atoms with E-state index in [1.54, 1.807) is 18.2 Å². The van der Waals surface area contributed by atoms with Crippen LogP contribution < -0.4 is 0 Å². The van der Waals surface area contributed by atoms with E-state index in [-0.39, 0.29) is 11.7 Å². The molecule has 0 spiro atoms. The predicted molar refractivity (Wildman–Crippen MR) is 139 cm³/mol. The third-order valence-electron chi connectivity index (χ3n) is 7.86. The molecular formula is C32H37F3. The van der Waals surface area contributed by atoms with Gasteiger partial charge in [-0.3, -0.25) is 0 Å². The highest BCUT2D eigenvalue weighted by molar-refractivity contribution is 5.65. The zero-order chi connectivity index (χ0) is 24.8. The molecular weight excluding hydrogens is 441 g/mol. The second-order valence-corrected chi connectivity index (χ2v) is 10.2. The van der Waals surface area contributed by atoms with E-state index in [1.165, 1.54) is 6.42 Å². The molecule has 1 aliphatic carbocycles. The Bertz CT molecular complexity index is 1110. The lowest BCUT2D eigenvalue weighted by Gasteiger charge is -2.28. The van der Waals surface area contributed by atoms with Crippen LogP contribution in [0.2, 0.25) is 0 Å². The van der Waals surface area contributed by atoms with Gasteiger partial charge in [-0.05, 0) is 97.1 Å². The van der Waals surface area contributed by atoms with Gasteiger partial charge in [-0.25, -0.2) is 13.2 Å². The Labute approximate surface area is 208 Å². The van der Waals surface area contributed by atoms with Gasteiger partial charge in [0.1, 0.15) is 5.82 Å². The van der Waals surface area contributed by atoms with Crippen LogP contribution in [0.25, 0.3) is 11.1 Å². The van der Waals surface area contributed by atoms with Crippen LogP contribution in [0.1, 0.15) is 87.0 Å². The lowest BCUT2D eigenvalue weighted by molar-refractivity contribution is 0.312. The maximum absolute atomic E-state index is 15.1. The quantitative estimate of drug-likeness (QED) is 0.287. The van der Waals surface area contributed by atoms with Crippen molar-refractivity contribution in [1.82, 2.24) is 0 Å². The van der Waals surface area contributed by atoms with Crippen LogP contribution in [0.15, 0.2) is 54.6 Å². The van der Waals surface area contributed by atoms with Gasteiger partial charge in [-0.15, -0.1) is 0 Å². The lowest BCUT2D eigenvalue weighted by Crippen LogP contribution is -2.14. The zero-order valence-corrected chi connectivity index (χ0v) is 21.1. The first-order valence-electron chi connectivity index (χ1n) is 13.3. The highest BCUT2D eigenvalue weighted by Crippen LogP contribution is 2.39. The van der Waals surface area contributed by atoms with E-state index in [1.807, 2.05) is 36.4 Å². The van der Waals surface area contributed by atoms with Crippen molar-refractivity contribution in [3.05, 3.63) is 94.3 Å². The molecule has 0 N–H and O–H groups in total. The average molecular weight is 479 g/mol. The summed E-state index contributed by atoms with van der Waals surface area (Å²) in [6, 6.07) is 16.6. The normalized spacial score (nSPS) is 18.1. The van der Waals surface area contributed by atoms with Crippen LogP contribution in [0.5, 0.6) is 0 Å². The third-order valence-corrected chi connectivity index (χ3v) is 7.86. The molecule has 0 atom stereocenters. The standard InChI is InChI=1S/C32H37F3/c1-3-5-6-24-12-18-27(30(33)21-24)17-11-23-9-15-26(16-10-23)29-20-19-28(31(34)32(29)35)25-13-7-22(4-2)8-14-25/h9-10,12,15-16,18-22,25H,3-8,11,13-14,17H2,1-2H3. The number of rotatable bonds is 9. The molecule has 186 valence electrons. The number of hydrogen-bond donors (Lipinski definition) is 0. The van der Waals surface area contributed by atoms with Crippen molar-refractivity contribution in [3.63, 3.8) is 0 Å². The number of halogens is 3. The molecule has 0 nitrogen and oxygen atoms in total. The van der Waals surface area contributed by atoms with Gasteiger partial charge in [0.05, 0.1) is 0 Å². The summed E-state index contributed by atoms with van der Waals surface area (Å²) in [6.45, 7) is 4.34. The molecule has 3 aromatic rings. The number of benzene rings is 3. The van der Waals surface area contributed by atoms with E-state index in [0.717, 1.165) is 62.0 Å². The molecule has 0 radical (unpaired) electrons. The molecule has 4 rings (SSSR count). The number of aryl methyl sites for hydroxylation is 3. The molecule has 0 unspecified atom stereocenters. The van der Waals surface area contributed by atoms with E-state index in [4.69, 9.17) is 0 Å². The monoisotopic (exact) mass is 478 g/mol. The maximum Gasteiger partial charge on any atom is 0.166 e. The first-order valence-corrected chi connectivity index (χ1v) is 13.3. The SMILES string of the molecule is CCCCc1ccc(CCc2ccc(-c3ccc(C4CCC(CC)CC4)c(F)c3F)cc2)c(F)c1. The van der Waals surface area contributed by atoms with Gasteiger partial charge in [-0.1, -0.05) is 75.2 Å². The summed E-state index contributed by atoms with van der Waals surface area (Å²) in [5, 5.41) is 0. The molecule has 0 saturated heterocycles. The average Bonchev–Trinajstić information content (AvgIpc) is 2.89. The first kappa shape index (κ1) is 25.5. The van der Waals surface area contributed by atoms with Crippen LogP contribution in [-0.4, -0.2) is 0 Å². The van der Waals surface area contributed by atoms with Gasteiger partial charge >= 0.3 is 0 Å². The molecule has 1 saturated carbocycles. The topological polar surface area (TPSA) is 0 Å². The number of hydrogen-bond acceptors (Lipinski definition) is 0. The van der Waals surface area contributed by atoms with Gasteiger partial charge < -0.3 is 0 Å². The van der Waals surface area contributed by atoms with Gasteiger partial charge in [-0.2, -0.15) is 0 Å². The Hall–Kier alpha value is -2.55. The van der Waals surface area contributed by atoms with Crippen molar-refractivity contribution < 1.29 is 13.2 Å². The van der Waals surface area contributed by atoms with Crippen molar-refractivity contribution in [2.75, 3.05) is 0 Å². The van der Waals surface area contributed by atoms with E-state index in [9.17, 15) is 4.39 Å². The minimum atomic E-state index is -0.752. The van der Waals surface area contributed by atoms with Crippen molar-refractivity contribution in [2.45, 2.75) is 84.0 Å². The summed E-state index contributed by atoms with van der Waals surface area (Å²) >= 11 is 0. The van der Waals surface area contributed by atoms with E-state index in [0.29, 0.717) is 35.1 Å². The number of unbranched alkanes of at least 4 members (excludes halogenated alkanes) is 1. The molecule has 0 aliphatic heterocycles. The lowest BCUT2D eigenvalue weighted by atomic mass is 9.77. The third kappa shape index (κ3) is 6.18. The van der Waals surface area contributed by atoms with Crippen LogP contribution in [0.3, 0.4) is 0 Å². The van der Waals surface area contributed by atoms with Crippen LogP contribution in [-0.2, 0) is 19.3 Å².